The number of anilines is 2. The summed E-state index contributed by atoms with van der Waals surface area (Å²) in [7, 11) is 0. The quantitative estimate of drug-likeness (QED) is 0.476. The van der Waals surface area contributed by atoms with Crippen LogP contribution >= 0.6 is 11.8 Å². The summed E-state index contributed by atoms with van der Waals surface area (Å²) in [5.41, 5.74) is 3.92. The van der Waals surface area contributed by atoms with Gasteiger partial charge in [-0.2, -0.15) is 10.2 Å². The summed E-state index contributed by atoms with van der Waals surface area (Å²) < 4.78 is 5.30. The van der Waals surface area contributed by atoms with Gasteiger partial charge in [0, 0.05) is 6.42 Å². The van der Waals surface area contributed by atoms with Crippen molar-refractivity contribution in [3.05, 3.63) is 96.6 Å². The molecule has 0 unspecified atom stereocenters. The fraction of sp³-hybridized carbons (Fsp3) is 0.192. The summed E-state index contributed by atoms with van der Waals surface area (Å²) in [5, 5.41) is 14.1. The van der Waals surface area contributed by atoms with E-state index in [1.54, 1.807) is 6.92 Å². The van der Waals surface area contributed by atoms with Crippen LogP contribution in [-0.2, 0) is 9.53 Å². The number of esters is 1. The van der Waals surface area contributed by atoms with Gasteiger partial charge in [-0.1, -0.05) is 66.7 Å². The standard InChI is InChI=1S/C26H24N4O2S/c1-2-32-25(31)24-28-30(22-16-10-5-11-17-22)26(33-24)19-18-23(20-12-6-3-7-13-20)27-29(26)21-14-8-4-9-15-21/h3-17H,2,18-19H2,1H3/t26-/m1/s1. The van der Waals surface area contributed by atoms with Crippen LogP contribution in [-0.4, -0.2) is 28.3 Å². The van der Waals surface area contributed by atoms with Crippen LogP contribution in [0.5, 0.6) is 0 Å². The van der Waals surface area contributed by atoms with Gasteiger partial charge in [0.2, 0.25) is 10.0 Å². The van der Waals surface area contributed by atoms with Crippen LogP contribution in [0.4, 0.5) is 11.4 Å². The zero-order chi connectivity index (χ0) is 22.7. The van der Waals surface area contributed by atoms with E-state index >= 15 is 0 Å². The van der Waals surface area contributed by atoms with E-state index in [9.17, 15) is 4.79 Å². The Kier molecular flexibility index (Phi) is 5.88. The summed E-state index contributed by atoms with van der Waals surface area (Å²) in [6, 6.07) is 30.2. The molecule has 2 heterocycles. The third kappa shape index (κ3) is 4.00. The van der Waals surface area contributed by atoms with Gasteiger partial charge in [-0.3, -0.25) is 0 Å². The minimum absolute atomic E-state index is 0.301. The molecule has 6 nitrogen and oxygen atoms in total. The Bertz CT molecular complexity index is 1180. The molecule has 3 aromatic carbocycles. The average Bonchev–Trinajstić information content (AvgIpc) is 3.26. The lowest BCUT2D eigenvalue weighted by Gasteiger charge is -2.46. The number of carbonyl (C=O) groups is 1. The number of hydrogen-bond donors (Lipinski definition) is 0. The highest BCUT2D eigenvalue weighted by Gasteiger charge is 2.53. The first-order chi connectivity index (χ1) is 16.2. The van der Waals surface area contributed by atoms with Crippen molar-refractivity contribution in [2.75, 3.05) is 16.6 Å². The number of nitrogens with zero attached hydrogens (tertiary/aromatic N) is 4. The van der Waals surface area contributed by atoms with Gasteiger partial charge in [0.15, 0.2) is 0 Å². The molecule has 33 heavy (non-hydrogen) atoms. The molecule has 3 aromatic rings. The van der Waals surface area contributed by atoms with E-state index < -0.39 is 11.0 Å². The minimum Gasteiger partial charge on any atom is -0.461 e. The van der Waals surface area contributed by atoms with Gasteiger partial charge in [0.05, 0.1) is 23.7 Å². The molecule has 0 bridgehead atoms. The maximum Gasteiger partial charge on any atom is 0.365 e. The van der Waals surface area contributed by atoms with Crippen molar-refractivity contribution < 1.29 is 9.53 Å². The van der Waals surface area contributed by atoms with Crippen molar-refractivity contribution >= 4 is 39.9 Å². The van der Waals surface area contributed by atoms with E-state index in [4.69, 9.17) is 14.9 Å². The van der Waals surface area contributed by atoms with Crippen molar-refractivity contribution in [2.45, 2.75) is 24.8 Å². The lowest BCUT2D eigenvalue weighted by atomic mass is 10.0. The molecule has 1 spiro atoms. The van der Waals surface area contributed by atoms with Gasteiger partial charge in [-0.25, -0.2) is 14.8 Å². The van der Waals surface area contributed by atoms with Crippen LogP contribution in [0.3, 0.4) is 0 Å². The van der Waals surface area contributed by atoms with Crippen molar-refractivity contribution in [3.63, 3.8) is 0 Å². The second-order valence-electron chi connectivity index (χ2n) is 7.68. The van der Waals surface area contributed by atoms with E-state index in [1.807, 2.05) is 88.9 Å². The molecule has 5 rings (SSSR count). The third-order valence-electron chi connectivity index (χ3n) is 5.58. The molecule has 0 N–H and O–H groups in total. The highest BCUT2D eigenvalue weighted by Crippen LogP contribution is 2.50. The molecule has 0 saturated carbocycles. The van der Waals surface area contributed by atoms with Crippen molar-refractivity contribution in [2.24, 2.45) is 10.2 Å². The topological polar surface area (TPSA) is 57.5 Å². The lowest BCUT2D eigenvalue weighted by molar-refractivity contribution is -0.134. The maximum absolute atomic E-state index is 12.7. The van der Waals surface area contributed by atoms with E-state index in [1.165, 1.54) is 11.8 Å². The second-order valence-corrected chi connectivity index (χ2v) is 8.92. The number of rotatable bonds is 5. The highest BCUT2D eigenvalue weighted by atomic mass is 32.2. The Morgan fingerprint density at radius 1 is 0.879 bits per heavy atom. The van der Waals surface area contributed by atoms with E-state index in [-0.39, 0.29) is 0 Å². The van der Waals surface area contributed by atoms with Crippen LogP contribution in [0, 0.1) is 0 Å². The molecule has 0 saturated heterocycles. The fourth-order valence-corrected chi connectivity index (χ4v) is 5.32. The molecule has 2 aliphatic rings. The van der Waals surface area contributed by atoms with Gasteiger partial charge >= 0.3 is 5.97 Å². The number of benzene rings is 3. The summed E-state index contributed by atoms with van der Waals surface area (Å²) in [5.74, 6) is -0.411. The molecule has 0 aromatic heterocycles. The molecular formula is C26H24N4O2S. The van der Waals surface area contributed by atoms with E-state index in [2.05, 4.69) is 12.1 Å². The Labute approximate surface area is 197 Å². The van der Waals surface area contributed by atoms with Crippen LogP contribution in [0.1, 0.15) is 25.3 Å². The SMILES string of the molecule is CCOC(=O)C1=NN(c2ccccc2)[C@]2(CCC(c3ccccc3)=NN2c2ccccc2)S1. The molecule has 2 aliphatic heterocycles. The van der Waals surface area contributed by atoms with Crippen molar-refractivity contribution in [3.8, 4) is 0 Å². The summed E-state index contributed by atoms with van der Waals surface area (Å²) >= 11 is 1.41. The molecule has 1 atom stereocenters. The van der Waals surface area contributed by atoms with Crippen molar-refractivity contribution in [1.29, 1.82) is 0 Å². The van der Waals surface area contributed by atoms with Gasteiger partial charge in [0.1, 0.15) is 0 Å². The Balaban J connectivity index is 1.65. The second kappa shape index (κ2) is 9.11. The lowest BCUT2D eigenvalue weighted by Crippen LogP contribution is -2.56. The van der Waals surface area contributed by atoms with Crippen molar-refractivity contribution in [1.82, 2.24) is 0 Å². The van der Waals surface area contributed by atoms with Gasteiger partial charge in [0.25, 0.3) is 0 Å². The van der Waals surface area contributed by atoms with E-state index in [0.29, 0.717) is 18.1 Å². The van der Waals surface area contributed by atoms with Crippen LogP contribution < -0.4 is 10.0 Å². The smallest absolute Gasteiger partial charge is 0.365 e. The molecule has 0 amide bonds. The van der Waals surface area contributed by atoms with Crippen LogP contribution in [0.25, 0.3) is 0 Å². The predicted octanol–water partition coefficient (Wildman–Crippen LogP) is 5.47. The molecule has 0 aliphatic carbocycles. The van der Waals surface area contributed by atoms with Gasteiger partial charge < -0.3 is 4.74 Å². The van der Waals surface area contributed by atoms with Gasteiger partial charge in [-0.05, 0) is 54.9 Å². The molecule has 166 valence electrons. The zero-order valence-electron chi connectivity index (χ0n) is 18.3. The minimum atomic E-state index is -0.733. The molecule has 0 fully saturated rings. The van der Waals surface area contributed by atoms with Crippen LogP contribution in [0.15, 0.2) is 101 Å². The number of ether oxygens (including phenoxy) is 1. The zero-order valence-corrected chi connectivity index (χ0v) is 19.1. The molecular weight excluding hydrogens is 432 g/mol. The fourth-order valence-electron chi connectivity index (χ4n) is 4.08. The van der Waals surface area contributed by atoms with E-state index in [0.717, 1.165) is 29.1 Å². The Morgan fingerprint density at radius 3 is 2.00 bits per heavy atom. The first-order valence-corrected chi connectivity index (χ1v) is 11.8. The summed E-state index contributed by atoms with van der Waals surface area (Å²) in [4.78, 5) is 12.0. The largest absolute Gasteiger partial charge is 0.461 e. The Morgan fingerprint density at radius 2 is 1.42 bits per heavy atom. The number of thioether (sulfide) groups is 1. The first-order valence-electron chi connectivity index (χ1n) is 11.0. The number of carbonyl (C=O) groups excluding carboxylic acids is 1. The molecule has 0 radical (unpaired) electrons. The highest BCUT2D eigenvalue weighted by molar-refractivity contribution is 8.17. The normalized spacial score (nSPS) is 19.9. The third-order valence-corrected chi connectivity index (χ3v) is 6.90. The number of para-hydroxylation sites is 2. The molecule has 7 heteroatoms. The average molecular weight is 457 g/mol. The predicted molar refractivity (Wildman–Crippen MR) is 134 cm³/mol. The van der Waals surface area contributed by atoms with Gasteiger partial charge in [-0.15, -0.1) is 0 Å². The number of hydrogen-bond acceptors (Lipinski definition) is 7. The first kappa shape index (κ1) is 21.3. The summed E-state index contributed by atoms with van der Waals surface area (Å²) in [6.07, 6.45) is 1.46. The van der Waals surface area contributed by atoms with Crippen LogP contribution in [0.2, 0.25) is 0 Å². The number of hydrazone groups is 2. The maximum atomic E-state index is 12.7. The summed E-state index contributed by atoms with van der Waals surface area (Å²) in [6.45, 7) is 2.10. The monoisotopic (exact) mass is 456 g/mol. The Hall–Kier alpha value is -3.58.